The molecule has 1 N–H and O–H groups in total. The molecule has 0 saturated carbocycles. The number of halogens is 2. The van der Waals surface area contributed by atoms with Crippen LogP contribution in [0.3, 0.4) is 0 Å². The van der Waals surface area contributed by atoms with Crippen molar-refractivity contribution in [1.82, 2.24) is 0 Å². The second kappa shape index (κ2) is 11.0. The number of nitrogens with zero attached hydrogens (tertiary/aromatic N) is 1. The summed E-state index contributed by atoms with van der Waals surface area (Å²) in [6, 6.07) is 18.4. The first-order chi connectivity index (χ1) is 16.8. The molecule has 35 heavy (non-hydrogen) atoms. The summed E-state index contributed by atoms with van der Waals surface area (Å²) in [7, 11) is 1.57. The smallest absolute Gasteiger partial charge is 0.363 e. The highest BCUT2D eigenvalue weighted by molar-refractivity contribution is 14.1. The van der Waals surface area contributed by atoms with Crippen LogP contribution in [0.15, 0.2) is 75.8 Å². The van der Waals surface area contributed by atoms with Gasteiger partial charge in [0.2, 0.25) is 11.8 Å². The second-order valence-corrected chi connectivity index (χ2v) is 9.63. The highest BCUT2D eigenvalue weighted by Gasteiger charge is 2.24. The molecule has 1 heterocycles. The van der Waals surface area contributed by atoms with Crippen molar-refractivity contribution in [2.24, 2.45) is 4.99 Å². The van der Waals surface area contributed by atoms with E-state index in [9.17, 15) is 9.59 Å². The van der Waals surface area contributed by atoms with Crippen molar-refractivity contribution >= 4 is 68.1 Å². The Bertz CT molecular complexity index is 1350. The number of methoxy groups -OCH3 is 1. The lowest BCUT2D eigenvalue weighted by Gasteiger charge is -2.14. The lowest BCUT2D eigenvalue weighted by atomic mass is 10.1. The van der Waals surface area contributed by atoms with E-state index < -0.39 is 5.97 Å². The maximum absolute atomic E-state index is 12.4. The average Bonchev–Trinajstić information content (AvgIpc) is 3.18. The van der Waals surface area contributed by atoms with Crippen molar-refractivity contribution in [3.63, 3.8) is 0 Å². The predicted molar refractivity (Wildman–Crippen MR) is 146 cm³/mol. The first kappa shape index (κ1) is 24.9. The van der Waals surface area contributed by atoms with Gasteiger partial charge in [-0.1, -0.05) is 28.1 Å². The number of amides is 1. The number of hydrogen-bond donors (Lipinski definition) is 1. The van der Waals surface area contributed by atoms with Gasteiger partial charge in [0.15, 0.2) is 17.2 Å². The van der Waals surface area contributed by atoms with Crippen molar-refractivity contribution in [3.8, 4) is 11.5 Å². The van der Waals surface area contributed by atoms with Crippen molar-refractivity contribution in [3.05, 3.63) is 91.1 Å². The number of cyclic esters (lactones) is 1. The quantitative estimate of drug-likeness (QED) is 0.195. The number of aliphatic imine (C=N–C) groups is 1. The second-order valence-electron chi connectivity index (χ2n) is 7.55. The van der Waals surface area contributed by atoms with E-state index in [1.807, 2.05) is 30.3 Å². The molecule has 3 aromatic carbocycles. The molecule has 0 unspecified atom stereocenters. The van der Waals surface area contributed by atoms with Gasteiger partial charge >= 0.3 is 5.97 Å². The molecule has 0 aliphatic carbocycles. The Morgan fingerprint density at radius 1 is 1.17 bits per heavy atom. The molecule has 0 radical (unpaired) electrons. The molecule has 9 heteroatoms. The summed E-state index contributed by atoms with van der Waals surface area (Å²) in [6.07, 6.45) is 1.64. The number of carbonyl (C=O) groups excluding carboxylic acids is 2. The zero-order chi connectivity index (χ0) is 24.9. The van der Waals surface area contributed by atoms with Crippen LogP contribution < -0.4 is 14.8 Å². The third-order valence-electron chi connectivity index (χ3n) is 4.90. The van der Waals surface area contributed by atoms with Gasteiger partial charge in [0.1, 0.15) is 6.61 Å². The maximum atomic E-state index is 12.4. The van der Waals surface area contributed by atoms with Gasteiger partial charge in [-0.2, -0.15) is 0 Å². The molecule has 0 saturated heterocycles. The fourth-order valence-electron chi connectivity index (χ4n) is 3.34. The lowest BCUT2D eigenvalue weighted by Crippen LogP contribution is -2.07. The summed E-state index contributed by atoms with van der Waals surface area (Å²) in [5, 5.41) is 2.69. The van der Waals surface area contributed by atoms with Crippen LogP contribution in [0, 0.1) is 3.57 Å². The van der Waals surface area contributed by atoms with E-state index in [1.165, 1.54) is 6.92 Å². The molecule has 0 spiro atoms. The van der Waals surface area contributed by atoms with Gasteiger partial charge in [-0.3, -0.25) is 4.79 Å². The maximum Gasteiger partial charge on any atom is 0.363 e. The van der Waals surface area contributed by atoms with Gasteiger partial charge < -0.3 is 19.5 Å². The summed E-state index contributed by atoms with van der Waals surface area (Å²) in [4.78, 5) is 28.0. The Kier molecular flexibility index (Phi) is 7.86. The van der Waals surface area contributed by atoms with Crippen LogP contribution >= 0.6 is 38.5 Å². The number of nitrogens with one attached hydrogen (secondary N) is 1. The largest absolute Gasteiger partial charge is 0.493 e. The number of rotatable bonds is 7. The summed E-state index contributed by atoms with van der Waals surface area (Å²) in [6.45, 7) is 1.82. The van der Waals surface area contributed by atoms with E-state index >= 15 is 0 Å². The summed E-state index contributed by atoms with van der Waals surface area (Å²) < 4.78 is 18.7. The highest BCUT2D eigenvalue weighted by Crippen LogP contribution is 2.35. The van der Waals surface area contributed by atoms with Crippen molar-refractivity contribution in [2.45, 2.75) is 13.5 Å². The molecule has 1 amide bonds. The standard InChI is InChI=1S/C26H20BrIN2O5/c1-15(31)29-20-8-6-18(7-9-20)25-30-22(26(32)35-25)12-17-11-21(28)24(23(13-17)33-2)34-14-16-4-3-5-19(27)10-16/h3-13H,14H2,1-2H3,(H,29,31)/b22-12-. The Hall–Kier alpha value is -3.18. The van der Waals surface area contributed by atoms with E-state index in [0.29, 0.717) is 29.4 Å². The topological polar surface area (TPSA) is 86.2 Å². The SMILES string of the molecule is COc1cc(/C=C2\N=C(c3ccc(NC(C)=O)cc3)OC2=O)cc(I)c1OCc1cccc(Br)c1. The Morgan fingerprint density at radius 2 is 1.94 bits per heavy atom. The van der Waals surface area contributed by atoms with Gasteiger partial charge in [0.25, 0.3) is 0 Å². The van der Waals surface area contributed by atoms with Crippen LogP contribution in [0.4, 0.5) is 5.69 Å². The molecule has 178 valence electrons. The molecule has 1 aliphatic rings. The van der Waals surface area contributed by atoms with Crippen molar-refractivity contribution < 1.29 is 23.8 Å². The Labute approximate surface area is 224 Å². The molecule has 0 fully saturated rings. The Balaban J connectivity index is 1.55. The molecule has 1 aliphatic heterocycles. The van der Waals surface area contributed by atoms with E-state index in [0.717, 1.165) is 19.2 Å². The van der Waals surface area contributed by atoms with Crippen LogP contribution in [0.2, 0.25) is 0 Å². The lowest BCUT2D eigenvalue weighted by molar-refractivity contribution is -0.129. The van der Waals surface area contributed by atoms with E-state index in [-0.39, 0.29) is 17.5 Å². The van der Waals surface area contributed by atoms with Crippen LogP contribution in [0.5, 0.6) is 11.5 Å². The van der Waals surface area contributed by atoms with E-state index in [2.05, 4.69) is 48.8 Å². The Morgan fingerprint density at radius 3 is 2.63 bits per heavy atom. The molecular formula is C26H20BrIN2O5. The molecule has 7 nitrogen and oxygen atoms in total. The van der Waals surface area contributed by atoms with Gasteiger partial charge in [-0.15, -0.1) is 0 Å². The van der Waals surface area contributed by atoms with Crippen LogP contribution in [0.25, 0.3) is 6.08 Å². The van der Waals surface area contributed by atoms with Gasteiger partial charge in [0.05, 0.1) is 10.7 Å². The third kappa shape index (κ3) is 6.29. The highest BCUT2D eigenvalue weighted by atomic mass is 127. The minimum atomic E-state index is -0.546. The zero-order valence-electron chi connectivity index (χ0n) is 18.8. The summed E-state index contributed by atoms with van der Waals surface area (Å²) in [5.74, 6) is 0.652. The summed E-state index contributed by atoms with van der Waals surface area (Å²) >= 11 is 5.64. The van der Waals surface area contributed by atoms with E-state index in [1.54, 1.807) is 43.5 Å². The molecule has 0 aromatic heterocycles. The first-order valence-corrected chi connectivity index (χ1v) is 12.3. The van der Waals surface area contributed by atoms with Gasteiger partial charge in [0, 0.05) is 22.6 Å². The van der Waals surface area contributed by atoms with E-state index in [4.69, 9.17) is 14.2 Å². The first-order valence-electron chi connectivity index (χ1n) is 10.5. The minimum absolute atomic E-state index is 0.165. The fraction of sp³-hybridized carbons (Fsp3) is 0.115. The number of anilines is 1. The van der Waals surface area contributed by atoms with Crippen molar-refractivity contribution in [2.75, 3.05) is 12.4 Å². The molecule has 0 atom stereocenters. The molecule has 0 bridgehead atoms. The average molecular weight is 647 g/mol. The zero-order valence-corrected chi connectivity index (χ0v) is 22.5. The van der Waals surface area contributed by atoms with Gasteiger partial charge in [-0.25, -0.2) is 9.79 Å². The number of hydrogen-bond acceptors (Lipinski definition) is 6. The number of ether oxygens (including phenoxy) is 3. The fourth-order valence-corrected chi connectivity index (χ4v) is 4.56. The molecule has 4 rings (SSSR count). The van der Waals surface area contributed by atoms with Gasteiger partial charge in [-0.05, 0) is 88.3 Å². The predicted octanol–water partition coefficient (Wildman–Crippen LogP) is 5.94. The summed E-state index contributed by atoms with van der Waals surface area (Å²) in [5.41, 5.74) is 3.18. The third-order valence-corrected chi connectivity index (χ3v) is 6.19. The van der Waals surface area contributed by atoms with Crippen molar-refractivity contribution in [1.29, 1.82) is 0 Å². The van der Waals surface area contributed by atoms with Crippen LogP contribution in [-0.2, 0) is 20.9 Å². The molecule has 3 aromatic rings. The normalized spacial score (nSPS) is 13.9. The number of esters is 1. The number of carbonyl (C=O) groups is 2. The molecular weight excluding hydrogens is 627 g/mol. The monoisotopic (exact) mass is 646 g/mol. The number of benzene rings is 3. The van der Waals surface area contributed by atoms with Crippen LogP contribution in [-0.4, -0.2) is 24.9 Å². The minimum Gasteiger partial charge on any atom is -0.493 e. The van der Waals surface area contributed by atoms with Crippen LogP contribution in [0.1, 0.15) is 23.6 Å².